The summed E-state index contributed by atoms with van der Waals surface area (Å²) in [5, 5.41) is 12.6. The topological polar surface area (TPSA) is 90.5 Å². The zero-order chi connectivity index (χ0) is 28.8. The monoisotopic (exact) mass is 579 g/mol. The Morgan fingerprint density at radius 1 is 1.05 bits per heavy atom. The van der Waals surface area contributed by atoms with Crippen LogP contribution in [0.5, 0.6) is 0 Å². The summed E-state index contributed by atoms with van der Waals surface area (Å²) in [7, 11) is 0.744. The summed E-state index contributed by atoms with van der Waals surface area (Å²) in [6, 6.07) is 8.97. The number of aromatic nitrogens is 6. The lowest BCUT2D eigenvalue weighted by Crippen LogP contribution is -2.36. The number of hydrogen-bond acceptors (Lipinski definition) is 5. The Hall–Kier alpha value is -4.08. The first-order valence-electron chi connectivity index (χ1n) is 10.6. The molecule has 0 radical (unpaired) electrons. The molecule has 0 atom stereocenters. The van der Waals surface area contributed by atoms with Crippen molar-refractivity contribution >= 4 is 17.5 Å². The van der Waals surface area contributed by atoms with Crippen molar-refractivity contribution < 1.29 is 39.9 Å². The lowest BCUT2D eigenvalue weighted by molar-refractivity contribution is -0.292. The van der Waals surface area contributed by atoms with E-state index in [0.29, 0.717) is 10.4 Å². The van der Waals surface area contributed by atoms with Crippen molar-refractivity contribution in [2.75, 3.05) is 0 Å². The Kier molecular flexibility index (Phi) is 7.10. The summed E-state index contributed by atoms with van der Waals surface area (Å²) in [5.74, 6) is -7.77. The average Bonchev–Trinajstić information content (AvgIpc) is 3.47. The lowest BCUT2D eigenvalue weighted by atomic mass is 10.1. The van der Waals surface area contributed by atoms with Gasteiger partial charge in [0, 0.05) is 18.8 Å². The number of benzene rings is 1. The van der Waals surface area contributed by atoms with Gasteiger partial charge in [-0.2, -0.15) is 40.2 Å². The molecule has 206 valence electrons. The molecule has 4 rings (SSSR count). The van der Waals surface area contributed by atoms with E-state index < -0.39 is 41.3 Å². The second-order valence-corrected chi connectivity index (χ2v) is 8.39. The number of carbonyl (C=O) groups excluding carboxylic acids is 1. The van der Waals surface area contributed by atoms with Crippen LogP contribution in [-0.4, -0.2) is 41.8 Å². The summed E-state index contributed by atoms with van der Waals surface area (Å²) >= 11 is 6.12. The van der Waals surface area contributed by atoms with E-state index >= 15 is 0 Å². The first-order valence-corrected chi connectivity index (χ1v) is 11.0. The first kappa shape index (κ1) is 27.9. The van der Waals surface area contributed by atoms with E-state index in [0.717, 1.165) is 13.2 Å². The summed E-state index contributed by atoms with van der Waals surface area (Å²) in [4.78, 5) is 16.7. The molecule has 1 N–H and O–H groups in total. The quantitative estimate of drug-likeness (QED) is 0.312. The second kappa shape index (κ2) is 9.91. The number of hydrogen-bond donors (Lipinski definition) is 1. The minimum Gasteiger partial charge on any atom is -0.346 e. The number of halogens is 9. The fourth-order valence-corrected chi connectivity index (χ4v) is 3.72. The molecule has 3 heterocycles. The van der Waals surface area contributed by atoms with E-state index in [1.54, 1.807) is 18.2 Å². The normalized spacial score (nSPS) is 12.6. The second-order valence-electron chi connectivity index (χ2n) is 7.99. The predicted molar refractivity (Wildman–Crippen MR) is 119 cm³/mol. The highest BCUT2D eigenvalue weighted by Gasteiger charge is 2.64. The molecule has 0 spiro atoms. The maximum absolute atomic E-state index is 14.0. The van der Waals surface area contributed by atoms with Crippen molar-refractivity contribution in [2.45, 2.75) is 24.8 Å². The number of nitrogens with one attached hydrogen (secondary N) is 1. The largest absolute Gasteiger partial charge is 0.459 e. The van der Waals surface area contributed by atoms with Crippen LogP contribution in [0, 0.1) is 0 Å². The molecular weight excluding hydrogens is 566 g/mol. The number of carbonyl (C=O) groups is 1. The molecule has 0 aliphatic carbocycles. The van der Waals surface area contributed by atoms with Gasteiger partial charge in [0.2, 0.25) is 0 Å². The van der Waals surface area contributed by atoms with E-state index in [4.69, 9.17) is 11.6 Å². The fraction of sp³-hybridized carbons (Fsp3) is 0.227. The van der Waals surface area contributed by atoms with Gasteiger partial charge in [0.1, 0.15) is 11.3 Å². The van der Waals surface area contributed by atoms with Crippen LogP contribution in [-0.2, 0) is 25.7 Å². The third-order valence-electron chi connectivity index (χ3n) is 5.33. The van der Waals surface area contributed by atoms with Gasteiger partial charge in [-0.25, -0.2) is 9.36 Å². The zero-order valence-corrected chi connectivity index (χ0v) is 20.1. The summed E-state index contributed by atoms with van der Waals surface area (Å²) in [6.07, 6.45) is -9.64. The SMILES string of the molecule is Cn1nc(C(F)(F)C(F)(F)F)c(C(F)(F)F)c1-n1cc(-c2ccc(Cl)c(C(=O)NCc3ccccn3)c2)nn1. The van der Waals surface area contributed by atoms with E-state index in [-0.39, 0.29) is 33.1 Å². The third-order valence-corrected chi connectivity index (χ3v) is 5.66. The van der Waals surface area contributed by atoms with Crippen LogP contribution in [0.2, 0.25) is 5.02 Å². The molecule has 0 aliphatic heterocycles. The molecule has 0 aliphatic rings. The van der Waals surface area contributed by atoms with E-state index in [1.807, 2.05) is 0 Å². The van der Waals surface area contributed by atoms with Gasteiger partial charge in [-0.15, -0.1) is 5.10 Å². The minimum absolute atomic E-state index is 0.0229. The molecule has 0 fully saturated rings. The van der Waals surface area contributed by atoms with E-state index in [1.165, 1.54) is 24.4 Å². The maximum atomic E-state index is 14.0. The molecule has 8 nitrogen and oxygen atoms in total. The number of aryl methyl sites for hydroxylation is 1. The molecule has 0 saturated carbocycles. The molecule has 1 amide bonds. The van der Waals surface area contributed by atoms with Gasteiger partial charge < -0.3 is 5.32 Å². The summed E-state index contributed by atoms with van der Waals surface area (Å²) in [6.45, 7) is 0.0576. The van der Waals surface area contributed by atoms with Crippen molar-refractivity contribution in [1.82, 2.24) is 35.1 Å². The van der Waals surface area contributed by atoms with Crippen molar-refractivity contribution in [1.29, 1.82) is 0 Å². The maximum Gasteiger partial charge on any atom is 0.459 e. The van der Waals surface area contributed by atoms with Crippen molar-refractivity contribution in [2.24, 2.45) is 7.05 Å². The Balaban J connectivity index is 1.71. The molecule has 1 aromatic carbocycles. The van der Waals surface area contributed by atoms with Crippen LogP contribution >= 0.6 is 11.6 Å². The van der Waals surface area contributed by atoms with Crippen LogP contribution in [0.25, 0.3) is 17.1 Å². The Labute approximate surface area is 218 Å². The minimum atomic E-state index is -6.34. The number of pyridine rings is 1. The molecule has 0 saturated heterocycles. The van der Waals surface area contributed by atoms with Gasteiger partial charge >= 0.3 is 18.3 Å². The van der Waals surface area contributed by atoms with Crippen LogP contribution in [0.15, 0.2) is 48.8 Å². The van der Waals surface area contributed by atoms with Crippen LogP contribution in [0.1, 0.15) is 27.3 Å². The van der Waals surface area contributed by atoms with Crippen LogP contribution < -0.4 is 5.32 Å². The Bertz CT molecular complexity index is 1510. The third kappa shape index (κ3) is 5.41. The predicted octanol–water partition coefficient (Wildman–Crippen LogP) is 5.32. The highest BCUT2D eigenvalue weighted by atomic mass is 35.5. The van der Waals surface area contributed by atoms with Gasteiger partial charge in [0.05, 0.1) is 29.0 Å². The number of amides is 1. The number of rotatable bonds is 6. The molecule has 4 aromatic rings. The van der Waals surface area contributed by atoms with Crippen LogP contribution in [0.4, 0.5) is 35.1 Å². The standard InChI is InChI=1S/C22H14ClF8N7O/c1-37-19(16(21(26,27)28)17(35-37)20(24,25)22(29,30)31)38-10-15(34-36-38)11-5-6-14(23)13(8-11)18(39)33-9-12-4-2-3-7-32-12/h2-8,10H,9H2,1H3,(H,33,39). The van der Waals surface area contributed by atoms with Crippen molar-refractivity contribution in [3.63, 3.8) is 0 Å². The van der Waals surface area contributed by atoms with Gasteiger partial charge in [0.25, 0.3) is 5.91 Å². The lowest BCUT2D eigenvalue weighted by Gasteiger charge is -2.19. The molecule has 3 aromatic heterocycles. The smallest absolute Gasteiger partial charge is 0.346 e. The average molecular weight is 580 g/mol. The summed E-state index contributed by atoms with van der Waals surface area (Å²) < 4.78 is 108. The molecule has 0 unspecified atom stereocenters. The first-order chi connectivity index (χ1) is 18.1. The zero-order valence-electron chi connectivity index (χ0n) is 19.3. The van der Waals surface area contributed by atoms with Crippen molar-refractivity contribution in [3.8, 4) is 17.1 Å². The van der Waals surface area contributed by atoms with Crippen molar-refractivity contribution in [3.05, 3.63) is 76.3 Å². The molecule has 17 heteroatoms. The highest BCUT2D eigenvalue weighted by Crippen LogP contribution is 2.49. The molecule has 39 heavy (non-hydrogen) atoms. The van der Waals surface area contributed by atoms with Crippen LogP contribution in [0.3, 0.4) is 0 Å². The Morgan fingerprint density at radius 3 is 2.38 bits per heavy atom. The van der Waals surface area contributed by atoms with E-state index in [9.17, 15) is 39.9 Å². The molecule has 0 bridgehead atoms. The number of nitrogens with zero attached hydrogens (tertiary/aromatic N) is 6. The van der Waals surface area contributed by atoms with Gasteiger partial charge in [-0.3, -0.25) is 9.78 Å². The Morgan fingerprint density at radius 2 is 1.77 bits per heavy atom. The van der Waals surface area contributed by atoms with E-state index in [2.05, 4.69) is 25.7 Å². The molecular formula is C22H14ClF8N7O. The van der Waals surface area contributed by atoms with Gasteiger partial charge in [0.15, 0.2) is 11.5 Å². The highest BCUT2D eigenvalue weighted by molar-refractivity contribution is 6.34. The number of alkyl halides is 8. The van der Waals surface area contributed by atoms with Gasteiger partial charge in [-0.1, -0.05) is 28.9 Å². The van der Waals surface area contributed by atoms with Gasteiger partial charge in [-0.05, 0) is 24.3 Å². The fourth-order valence-electron chi connectivity index (χ4n) is 3.52. The summed E-state index contributed by atoms with van der Waals surface area (Å²) in [5.41, 5.74) is -4.38.